The van der Waals surface area contributed by atoms with Gasteiger partial charge in [-0.15, -0.1) is 0 Å². The SMILES string of the molecule is CCN(CC)c1ccc(C2=C(O)C(c3ccc(N(CC)CC)cc3O)C2=O)c(O)c1. The number of anilines is 2. The van der Waals surface area contributed by atoms with Gasteiger partial charge < -0.3 is 25.1 Å². The number of allylic oxidation sites excluding steroid dienone is 2. The van der Waals surface area contributed by atoms with Gasteiger partial charge in [-0.05, 0) is 45.9 Å². The van der Waals surface area contributed by atoms with Crippen molar-refractivity contribution in [1.82, 2.24) is 0 Å². The molecule has 0 bridgehead atoms. The fourth-order valence-corrected chi connectivity index (χ4v) is 4.10. The summed E-state index contributed by atoms with van der Waals surface area (Å²) in [4.78, 5) is 17.0. The Morgan fingerprint density at radius 3 is 1.70 bits per heavy atom. The second-order valence-corrected chi connectivity index (χ2v) is 7.35. The Kier molecular flexibility index (Phi) is 6.25. The molecule has 0 heterocycles. The summed E-state index contributed by atoms with van der Waals surface area (Å²) in [6, 6.07) is 10.3. The summed E-state index contributed by atoms with van der Waals surface area (Å²) < 4.78 is 0. The Morgan fingerprint density at radius 2 is 1.27 bits per heavy atom. The van der Waals surface area contributed by atoms with Gasteiger partial charge in [0.2, 0.25) is 0 Å². The molecule has 2 aromatic rings. The van der Waals surface area contributed by atoms with E-state index in [0.717, 1.165) is 37.6 Å². The highest BCUT2D eigenvalue weighted by Gasteiger charge is 2.43. The normalized spacial score (nSPS) is 15.9. The average Bonchev–Trinajstić information content (AvgIpc) is 2.73. The summed E-state index contributed by atoms with van der Waals surface area (Å²) in [6.45, 7) is 11.3. The van der Waals surface area contributed by atoms with Crippen LogP contribution in [0.25, 0.3) is 5.57 Å². The lowest BCUT2D eigenvalue weighted by atomic mass is 9.74. The zero-order valence-corrected chi connectivity index (χ0v) is 18.0. The molecule has 1 aliphatic rings. The van der Waals surface area contributed by atoms with Crippen molar-refractivity contribution >= 4 is 22.7 Å². The lowest BCUT2D eigenvalue weighted by molar-refractivity contribution is -0.116. The van der Waals surface area contributed by atoms with Crippen LogP contribution in [0.5, 0.6) is 11.5 Å². The number of ketones is 1. The molecule has 0 amide bonds. The van der Waals surface area contributed by atoms with Crippen molar-refractivity contribution in [1.29, 1.82) is 0 Å². The lowest BCUT2D eigenvalue weighted by Crippen LogP contribution is -2.29. The molecule has 2 aromatic carbocycles. The molecule has 0 radical (unpaired) electrons. The molecule has 1 aliphatic carbocycles. The Bertz CT molecular complexity index is 975. The third-order valence-corrected chi connectivity index (χ3v) is 5.87. The van der Waals surface area contributed by atoms with E-state index in [2.05, 4.69) is 9.80 Å². The van der Waals surface area contributed by atoms with E-state index in [9.17, 15) is 20.1 Å². The number of phenols is 2. The van der Waals surface area contributed by atoms with E-state index >= 15 is 0 Å². The predicted molar refractivity (Wildman–Crippen MR) is 121 cm³/mol. The number of phenolic OH excluding ortho intramolecular Hbond substituents is 2. The van der Waals surface area contributed by atoms with Crippen molar-refractivity contribution in [2.24, 2.45) is 0 Å². The fourth-order valence-electron chi connectivity index (χ4n) is 4.10. The van der Waals surface area contributed by atoms with E-state index in [0.29, 0.717) is 11.1 Å². The zero-order chi connectivity index (χ0) is 22.0. The van der Waals surface area contributed by atoms with Gasteiger partial charge in [0.25, 0.3) is 0 Å². The molecule has 3 rings (SSSR count). The number of aliphatic hydroxyl groups is 1. The van der Waals surface area contributed by atoms with Crippen molar-refractivity contribution in [3.8, 4) is 11.5 Å². The highest BCUT2D eigenvalue weighted by Crippen LogP contribution is 2.48. The molecular formula is C24H30N2O4. The van der Waals surface area contributed by atoms with Crippen LogP contribution in [0.15, 0.2) is 42.2 Å². The maximum atomic E-state index is 12.9. The molecule has 0 aromatic heterocycles. The van der Waals surface area contributed by atoms with Crippen molar-refractivity contribution in [2.75, 3.05) is 36.0 Å². The summed E-state index contributed by atoms with van der Waals surface area (Å²) in [5, 5.41) is 31.6. The maximum Gasteiger partial charge on any atom is 0.182 e. The van der Waals surface area contributed by atoms with Crippen LogP contribution in [-0.2, 0) is 4.79 Å². The van der Waals surface area contributed by atoms with Gasteiger partial charge in [-0.3, -0.25) is 4.79 Å². The molecule has 30 heavy (non-hydrogen) atoms. The number of nitrogens with zero attached hydrogens (tertiary/aromatic N) is 2. The largest absolute Gasteiger partial charge is 0.510 e. The predicted octanol–water partition coefficient (Wildman–Crippen LogP) is 4.43. The molecule has 6 heteroatoms. The van der Waals surface area contributed by atoms with Gasteiger partial charge in [0.05, 0.1) is 5.57 Å². The van der Waals surface area contributed by atoms with Crippen LogP contribution in [0.3, 0.4) is 0 Å². The maximum absolute atomic E-state index is 12.9. The van der Waals surface area contributed by atoms with Crippen molar-refractivity contribution in [3.63, 3.8) is 0 Å². The third-order valence-electron chi connectivity index (χ3n) is 5.87. The number of aliphatic hydroxyl groups excluding tert-OH is 1. The van der Waals surface area contributed by atoms with E-state index in [1.54, 1.807) is 24.3 Å². The van der Waals surface area contributed by atoms with Crippen LogP contribution in [0.4, 0.5) is 11.4 Å². The summed E-state index contributed by atoms with van der Waals surface area (Å²) in [6.07, 6.45) is 0. The van der Waals surface area contributed by atoms with Crippen LogP contribution in [0.1, 0.15) is 44.7 Å². The number of hydrogen-bond donors (Lipinski definition) is 3. The van der Waals surface area contributed by atoms with Crippen LogP contribution in [0, 0.1) is 0 Å². The smallest absolute Gasteiger partial charge is 0.182 e. The molecule has 0 saturated carbocycles. The topological polar surface area (TPSA) is 84.2 Å². The first-order valence-corrected chi connectivity index (χ1v) is 10.5. The Hall–Kier alpha value is -3.15. The third kappa shape index (κ3) is 3.58. The first kappa shape index (κ1) is 21.6. The number of rotatable bonds is 8. The van der Waals surface area contributed by atoms with E-state index in [1.807, 2.05) is 39.8 Å². The van der Waals surface area contributed by atoms with E-state index in [1.165, 1.54) is 0 Å². The number of carbonyl (C=O) groups excluding carboxylic acids is 1. The molecule has 0 spiro atoms. The molecular weight excluding hydrogens is 380 g/mol. The molecule has 160 valence electrons. The number of aromatic hydroxyl groups is 2. The molecule has 1 atom stereocenters. The Balaban J connectivity index is 1.93. The van der Waals surface area contributed by atoms with Gasteiger partial charge in [0.15, 0.2) is 5.78 Å². The van der Waals surface area contributed by atoms with Crippen LogP contribution >= 0.6 is 0 Å². The zero-order valence-electron chi connectivity index (χ0n) is 18.0. The molecule has 0 aliphatic heterocycles. The summed E-state index contributed by atoms with van der Waals surface area (Å²) in [7, 11) is 0. The molecule has 3 N–H and O–H groups in total. The quantitative estimate of drug-likeness (QED) is 0.597. The van der Waals surface area contributed by atoms with Crippen LogP contribution in [-0.4, -0.2) is 47.3 Å². The monoisotopic (exact) mass is 410 g/mol. The number of carbonyl (C=O) groups is 1. The first-order chi connectivity index (χ1) is 14.4. The van der Waals surface area contributed by atoms with Gasteiger partial charge in [-0.25, -0.2) is 0 Å². The van der Waals surface area contributed by atoms with Gasteiger partial charge in [0, 0.05) is 60.8 Å². The molecule has 0 saturated heterocycles. The summed E-state index contributed by atoms with van der Waals surface area (Å²) in [5.74, 6) is -1.42. The van der Waals surface area contributed by atoms with Crippen molar-refractivity contribution in [3.05, 3.63) is 53.3 Å². The molecule has 6 nitrogen and oxygen atoms in total. The Morgan fingerprint density at radius 1 is 0.767 bits per heavy atom. The molecule has 1 unspecified atom stereocenters. The van der Waals surface area contributed by atoms with Gasteiger partial charge in [-0.2, -0.15) is 0 Å². The summed E-state index contributed by atoms with van der Waals surface area (Å²) in [5.41, 5.74) is 2.51. The number of hydrogen-bond acceptors (Lipinski definition) is 6. The fraction of sp³-hybridized carbons (Fsp3) is 0.375. The van der Waals surface area contributed by atoms with Gasteiger partial charge >= 0.3 is 0 Å². The number of Topliss-reactive ketones (excluding diaryl/α,β-unsaturated/α-hetero) is 1. The number of benzene rings is 2. The van der Waals surface area contributed by atoms with Crippen molar-refractivity contribution in [2.45, 2.75) is 33.6 Å². The highest BCUT2D eigenvalue weighted by atomic mass is 16.3. The molecule has 0 fully saturated rings. The van der Waals surface area contributed by atoms with E-state index in [-0.39, 0.29) is 28.6 Å². The van der Waals surface area contributed by atoms with Gasteiger partial charge in [-0.1, -0.05) is 6.07 Å². The minimum absolute atomic E-state index is 0.0237. The van der Waals surface area contributed by atoms with Gasteiger partial charge in [0.1, 0.15) is 23.2 Å². The average molecular weight is 411 g/mol. The highest BCUT2D eigenvalue weighted by molar-refractivity contribution is 6.32. The second kappa shape index (κ2) is 8.69. The second-order valence-electron chi connectivity index (χ2n) is 7.35. The van der Waals surface area contributed by atoms with Crippen molar-refractivity contribution < 1.29 is 20.1 Å². The van der Waals surface area contributed by atoms with E-state index in [4.69, 9.17) is 0 Å². The van der Waals surface area contributed by atoms with Crippen LogP contribution in [0.2, 0.25) is 0 Å². The van der Waals surface area contributed by atoms with E-state index < -0.39 is 5.92 Å². The summed E-state index contributed by atoms with van der Waals surface area (Å²) >= 11 is 0. The minimum atomic E-state index is -0.910. The first-order valence-electron chi connectivity index (χ1n) is 10.5. The minimum Gasteiger partial charge on any atom is -0.510 e. The lowest BCUT2D eigenvalue weighted by Gasteiger charge is -2.30. The Labute approximate surface area is 177 Å². The van der Waals surface area contributed by atoms with Crippen LogP contribution < -0.4 is 9.80 Å². The standard InChI is InChI=1S/C24H30N2O4/c1-5-25(6-2)15-9-11-17(19(27)13-15)21-23(29)22(24(21)30)18-12-10-16(14-20(18)28)26(7-3)8-4/h9-14,21,27-29H,5-8H2,1-4H3.